The first-order valence-electron chi connectivity index (χ1n) is 15.1. The summed E-state index contributed by atoms with van der Waals surface area (Å²) in [5, 5.41) is 7.44. The lowest BCUT2D eigenvalue weighted by Crippen LogP contribution is -2.59. The molecule has 234 valence electrons. The molecule has 0 spiro atoms. The Bertz CT molecular complexity index is 1260. The van der Waals surface area contributed by atoms with Crippen molar-refractivity contribution in [3.05, 3.63) is 47.9 Å². The van der Waals surface area contributed by atoms with E-state index in [0.717, 1.165) is 55.6 Å². The summed E-state index contributed by atoms with van der Waals surface area (Å²) < 4.78 is 5.13. The van der Waals surface area contributed by atoms with Crippen LogP contribution in [0.15, 0.2) is 52.9 Å². The number of benzene rings is 1. The minimum atomic E-state index is -0.365. The van der Waals surface area contributed by atoms with Gasteiger partial charge in [-0.1, -0.05) is 0 Å². The number of hydrazine groups is 1. The number of nitrogens with zero attached hydrogens (tertiary/aromatic N) is 8. The fraction of sp³-hybridized carbons (Fsp3) is 0.567. The van der Waals surface area contributed by atoms with Gasteiger partial charge in [0.05, 0.1) is 12.3 Å². The van der Waals surface area contributed by atoms with E-state index in [4.69, 9.17) is 15.5 Å². The minimum absolute atomic E-state index is 0.121. The first-order valence-corrected chi connectivity index (χ1v) is 15.1. The van der Waals surface area contributed by atoms with Gasteiger partial charge in [-0.25, -0.2) is 14.8 Å². The van der Waals surface area contributed by atoms with E-state index in [1.807, 2.05) is 41.0 Å². The number of hydrogen-bond acceptors (Lipinski definition) is 11. The van der Waals surface area contributed by atoms with Crippen LogP contribution in [-0.4, -0.2) is 132 Å². The van der Waals surface area contributed by atoms with Crippen LogP contribution in [0.3, 0.4) is 0 Å². The van der Waals surface area contributed by atoms with Crippen molar-refractivity contribution in [1.29, 1.82) is 0 Å². The summed E-state index contributed by atoms with van der Waals surface area (Å²) in [6, 6.07) is 8.52. The molecule has 5 rings (SSSR count). The van der Waals surface area contributed by atoms with Crippen LogP contribution in [-0.2, 0) is 9.53 Å². The maximum Gasteiger partial charge on any atom is 0.409 e. The van der Waals surface area contributed by atoms with Crippen LogP contribution in [0.1, 0.15) is 27.7 Å². The average Bonchev–Trinajstić information content (AvgIpc) is 3.25. The van der Waals surface area contributed by atoms with Crippen molar-refractivity contribution in [2.45, 2.75) is 46.1 Å². The van der Waals surface area contributed by atoms with Gasteiger partial charge in [0.25, 0.3) is 0 Å². The fourth-order valence-corrected chi connectivity index (χ4v) is 6.49. The average molecular weight is 595 g/mol. The zero-order valence-corrected chi connectivity index (χ0v) is 26.2. The van der Waals surface area contributed by atoms with Gasteiger partial charge >= 0.3 is 6.09 Å². The van der Waals surface area contributed by atoms with E-state index in [1.165, 1.54) is 0 Å². The van der Waals surface area contributed by atoms with E-state index >= 15 is 0 Å². The summed E-state index contributed by atoms with van der Waals surface area (Å²) in [6.45, 7) is 13.2. The van der Waals surface area contributed by atoms with Gasteiger partial charge in [0.2, 0.25) is 11.9 Å². The summed E-state index contributed by atoms with van der Waals surface area (Å²) in [7, 11) is 4.06. The lowest BCUT2D eigenvalue weighted by Gasteiger charge is -2.48. The highest BCUT2D eigenvalue weighted by Crippen LogP contribution is 2.28. The smallest absolute Gasteiger partial charge is 0.409 e. The number of nitrogens with one attached hydrogen (secondary N) is 1. The number of carbonyl (C=O) groups excluding carboxylic acids is 2. The van der Waals surface area contributed by atoms with E-state index in [-0.39, 0.29) is 30.4 Å². The molecular weight excluding hydrogens is 548 g/mol. The second-order valence-electron chi connectivity index (χ2n) is 11.7. The number of likely N-dealkylation sites (N-methyl/N-ethyl adjacent to an activating group) is 1. The van der Waals surface area contributed by atoms with E-state index in [9.17, 15) is 9.59 Å². The Kier molecular flexibility index (Phi) is 8.90. The van der Waals surface area contributed by atoms with Gasteiger partial charge in [-0.3, -0.25) is 4.79 Å². The molecule has 0 aromatic heterocycles. The number of amides is 2. The maximum absolute atomic E-state index is 12.2. The van der Waals surface area contributed by atoms with Gasteiger partial charge in [0.15, 0.2) is 6.29 Å². The molecule has 1 aromatic rings. The molecule has 43 heavy (non-hydrogen) atoms. The predicted octanol–water partition coefficient (Wildman–Crippen LogP) is 1.75. The van der Waals surface area contributed by atoms with Gasteiger partial charge in [-0.15, -0.1) is 0 Å². The highest BCUT2D eigenvalue weighted by atomic mass is 16.6. The van der Waals surface area contributed by atoms with Crippen LogP contribution >= 0.6 is 0 Å². The molecule has 3 atom stereocenters. The Hall–Kier alpha value is -4.13. The number of rotatable bonds is 6. The van der Waals surface area contributed by atoms with E-state index < -0.39 is 0 Å². The third-order valence-electron chi connectivity index (χ3n) is 8.57. The van der Waals surface area contributed by atoms with Crippen molar-refractivity contribution in [3.8, 4) is 0 Å². The van der Waals surface area contributed by atoms with Crippen LogP contribution in [0.25, 0.3) is 0 Å². The molecule has 13 nitrogen and oxygen atoms in total. The molecule has 0 aliphatic carbocycles. The predicted molar refractivity (Wildman–Crippen MR) is 168 cm³/mol. The summed E-state index contributed by atoms with van der Waals surface area (Å²) >= 11 is 0. The molecule has 2 amide bonds. The molecule has 1 unspecified atom stereocenters. The third-order valence-corrected chi connectivity index (χ3v) is 8.57. The van der Waals surface area contributed by atoms with Crippen molar-refractivity contribution >= 4 is 29.3 Å². The molecular formula is C30H46N10O3. The van der Waals surface area contributed by atoms with E-state index in [0.29, 0.717) is 25.7 Å². The van der Waals surface area contributed by atoms with Crippen LogP contribution in [0, 0.1) is 0 Å². The lowest BCUT2D eigenvalue weighted by atomic mass is 10.1. The fourth-order valence-electron chi connectivity index (χ4n) is 6.49. The Morgan fingerprint density at radius 2 is 1.67 bits per heavy atom. The number of piperazine rings is 2. The first-order chi connectivity index (χ1) is 20.6. The normalized spacial score (nSPS) is 25.0. The van der Waals surface area contributed by atoms with E-state index in [2.05, 4.69) is 65.2 Å². The SMILES string of the molecule is CCOC(=O)N1CCN(c2ccc(NC3N=C(N)N(C4=CCN(C)C(N5C[C@@H](C)N(C(C)=O)[C@@H](C)C5)=C4)N3C)cc2)CC1. The molecule has 4 aliphatic rings. The van der Waals surface area contributed by atoms with Crippen LogP contribution in [0.2, 0.25) is 0 Å². The first kappa shape index (κ1) is 30.3. The molecule has 0 saturated carbocycles. The Morgan fingerprint density at radius 1 is 1.02 bits per heavy atom. The zero-order chi connectivity index (χ0) is 30.8. The monoisotopic (exact) mass is 594 g/mol. The highest BCUT2D eigenvalue weighted by Gasteiger charge is 2.36. The molecule has 4 heterocycles. The quantitative estimate of drug-likeness (QED) is 0.505. The topological polar surface area (TPSA) is 116 Å². The number of carbonyl (C=O) groups is 2. The summed E-state index contributed by atoms with van der Waals surface area (Å²) in [4.78, 5) is 39.5. The number of anilines is 2. The summed E-state index contributed by atoms with van der Waals surface area (Å²) in [5.74, 6) is 1.65. The largest absolute Gasteiger partial charge is 0.450 e. The maximum atomic E-state index is 12.2. The standard InChI is InChI=1S/C30H46N10O3/c1-7-43-30(42)37-16-14-36(15-17-37)25-10-8-24(9-11-25)32-29-33-28(31)40(35(29)6)26-12-13-34(5)27(18-26)38-19-21(2)39(23(4)41)22(3)20-38/h8-12,18,21-22,29,32H,7,13-17,19-20H2,1-6H3,(H2,31,33)/t21-,22+,29?. The number of guanidine groups is 1. The van der Waals surface area contributed by atoms with Crippen molar-refractivity contribution in [3.63, 3.8) is 0 Å². The van der Waals surface area contributed by atoms with Crippen molar-refractivity contribution in [2.75, 3.05) is 76.7 Å². The molecule has 3 N–H and O–H groups in total. The van der Waals surface area contributed by atoms with Crippen molar-refractivity contribution in [1.82, 2.24) is 29.6 Å². The third kappa shape index (κ3) is 6.31. The molecule has 2 fully saturated rings. The summed E-state index contributed by atoms with van der Waals surface area (Å²) in [5.41, 5.74) is 9.49. The summed E-state index contributed by atoms with van der Waals surface area (Å²) in [6.07, 6.45) is 3.70. The molecule has 2 saturated heterocycles. The minimum Gasteiger partial charge on any atom is -0.450 e. The van der Waals surface area contributed by atoms with Gasteiger partial charge in [-0.05, 0) is 51.1 Å². The Labute approximate surface area is 254 Å². The Balaban J connectivity index is 1.21. The van der Waals surface area contributed by atoms with Crippen LogP contribution < -0.4 is 16.0 Å². The molecule has 0 radical (unpaired) electrons. The lowest BCUT2D eigenvalue weighted by molar-refractivity contribution is -0.136. The number of aliphatic imine (C=N–C) groups is 1. The number of ether oxygens (including phenoxy) is 1. The molecule has 1 aromatic carbocycles. The number of nitrogens with two attached hydrogens (primary N) is 1. The van der Waals surface area contributed by atoms with Crippen molar-refractivity contribution in [2.24, 2.45) is 10.7 Å². The molecule has 13 heteroatoms. The van der Waals surface area contributed by atoms with Crippen LogP contribution in [0.5, 0.6) is 0 Å². The van der Waals surface area contributed by atoms with Gasteiger partial charge < -0.3 is 40.3 Å². The Morgan fingerprint density at radius 3 is 2.28 bits per heavy atom. The second kappa shape index (κ2) is 12.6. The van der Waals surface area contributed by atoms with Gasteiger partial charge in [-0.2, -0.15) is 5.01 Å². The molecule has 0 bridgehead atoms. The molecule has 4 aliphatic heterocycles. The van der Waals surface area contributed by atoms with E-state index in [1.54, 1.807) is 11.8 Å². The second-order valence-corrected chi connectivity index (χ2v) is 11.7. The van der Waals surface area contributed by atoms with Gasteiger partial charge in [0.1, 0.15) is 5.82 Å². The number of hydrogen-bond donors (Lipinski definition) is 2. The van der Waals surface area contributed by atoms with Crippen molar-refractivity contribution < 1.29 is 14.3 Å². The highest BCUT2D eigenvalue weighted by molar-refractivity contribution is 5.82. The van der Waals surface area contributed by atoms with Gasteiger partial charge in [0, 0.05) is 96.4 Å². The number of allylic oxidation sites excluding steroid dienone is 1. The zero-order valence-electron chi connectivity index (χ0n) is 26.2. The van der Waals surface area contributed by atoms with Crippen LogP contribution in [0.4, 0.5) is 16.2 Å².